The summed E-state index contributed by atoms with van der Waals surface area (Å²) in [6, 6.07) is 5.14. The molecule has 4 rings (SSSR count). The molecule has 1 aliphatic rings. The summed E-state index contributed by atoms with van der Waals surface area (Å²) < 4.78 is 7.02. The van der Waals surface area contributed by atoms with Crippen LogP contribution in [0.25, 0.3) is 5.82 Å². The van der Waals surface area contributed by atoms with E-state index >= 15 is 0 Å². The highest BCUT2D eigenvalue weighted by Gasteiger charge is 2.18. The maximum atomic E-state index is 12.4. The zero-order chi connectivity index (χ0) is 20.9. The zero-order valence-electron chi connectivity index (χ0n) is 16.9. The van der Waals surface area contributed by atoms with Crippen molar-refractivity contribution in [3.63, 3.8) is 0 Å². The third kappa shape index (κ3) is 4.45. The highest BCUT2D eigenvalue weighted by atomic mass is 16.5. The number of anilines is 3. The first-order valence-corrected chi connectivity index (χ1v) is 9.66. The molecule has 0 radical (unpaired) electrons. The minimum absolute atomic E-state index is 0.212. The minimum Gasteiger partial charge on any atom is -0.466 e. The molecular formula is C19H23N9O2. The van der Waals surface area contributed by atoms with Gasteiger partial charge in [-0.25, -0.2) is 9.67 Å². The Hall–Kier alpha value is -3.76. The molecule has 11 heteroatoms. The summed E-state index contributed by atoms with van der Waals surface area (Å²) in [5.74, 6) is 1.78. The molecule has 3 aromatic heterocycles. The molecule has 1 N–H and O–H groups in total. The number of aromatic nitrogens is 6. The van der Waals surface area contributed by atoms with Crippen molar-refractivity contribution in [1.29, 1.82) is 0 Å². The van der Waals surface area contributed by atoms with E-state index in [1.807, 2.05) is 19.0 Å². The van der Waals surface area contributed by atoms with Gasteiger partial charge < -0.3 is 19.9 Å². The topological polar surface area (TPSA) is 114 Å². The molecule has 1 amide bonds. The number of amides is 1. The van der Waals surface area contributed by atoms with Crippen molar-refractivity contribution in [2.45, 2.75) is 12.8 Å². The number of hydrogen-bond donors (Lipinski definition) is 1. The fourth-order valence-corrected chi connectivity index (χ4v) is 3.10. The van der Waals surface area contributed by atoms with E-state index in [2.05, 4.69) is 35.5 Å². The number of nitrogens with one attached hydrogen (secondary N) is 1. The van der Waals surface area contributed by atoms with Crippen LogP contribution in [-0.4, -0.2) is 69.6 Å². The van der Waals surface area contributed by atoms with Crippen LogP contribution in [0.3, 0.4) is 0 Å². The van der Waals surface area contributed by atoms with E-state index in [1.54, 1.807) is 41.5 Å². The fraction of sp³-hybridized carbons (Fsp3) is 0.368. The summed E-state index contributed by atoms with van der Waals surface area (Å²) in [6.07, 6.45) is 7.33. The van der Waals surface area contributed by atoms with Crippen LogP contribution in [0.4, 0.5) is 17.5 Å². The van der Waals surface area contributed by atoms with Crippen LogP contribution in [-0.2, 0) is 4.79 Å². The van der Waals surface area contributed by atoms with E-state index in [4.69, 9.17) is 4.74 Å². The molecule has 0 aliphatic carbocycles. The first-order valence-electron chi connectivity index (χ1n) is 9.66. The number of ether oxygens (including phenoxy) is 1. The zero-order valence-corrected chi connectivity index (χ0v) is 16.9. The van der Waals surface area contributed by atoms with E-state index in [0.717, 1.165) is 25.9 Å². The van der Waals surface area contributed by atoms with Crippen molar-refractivity contribution in [2.75, 3.05) is 48.9 Å². The van der Waals surface area contributed by atoms with Crippen LogP contribution in [0, 0.1) is 0 Å². The van der Waals surface area contributed by atoms with E-state index in [9.17, 15) is 4.79 Å². The van der Waals surface area contributed by atoms with Gasteiger partial charge in [-0.15, -0.1) is 10.2 Å². The Labute approximate surface area is 173 Å². The molecular weight excluding hydrogens is 386 g/mol. The van der Waals surface area contributed by atoms with Gasteiger partial charge in [-0.3, -0.25) is 4.79 Å². The number of carbonyl (C=O) groups is 1. The maximum absolute atomic E-state index is 12.4. The molecule has 0 aromatic carbocycles. The van der Waals surface area contributed by atoms with Crippen molar-refractivity contribution in [3.05, 3.63) is 36.8 Å². The van der Waals surface area contributed by atoms with Crippen LogP contribution in [0.2, 0.25) is 0 Å². The van der Waals surface area contributed by atoms with Crippen molar-refractivity contribution in [3.8, 4) is 11.7 Å². The molecule has 1 aliphatic heterocycles. The van der Waals surface area contributed by atoms with Crippen LogP contribution in [0.1, 0.15) is 12.8 Å². The maximum Gasteiger partial charge on any atom is 0.262 e. The van der Waals surface area contributed by atoms with Crippen LogP contribution < -0.4 is 19.9 Å². The standard InChI is InChI=1S/C19H23N9O2/c1-26(2)18-14(12-20-19(23-18)27-9-3-4-10-27)22-16(29)13-30-17-7-6-15(24-25-17)28-11-5-8-21-28/h5-8,11-12H,3-4,9-10,13H2,1-2H3,(H,22,29). The predicted molar refractivity (Wildman–Crippen MR) is 111 cm³/mol. The molecule has 1 fully saturated rings. The van der Waals surface area contributed by atoms with E-state index in [-0.39, 0.29) is 18.4 Å². The van der Waals surface area contributed by atoms with Gasteiger partial charge in [0.15, 0.2) is 18.2 Å². The van der Waals surface area contributed by atoms with Crippen LogP contribution in [0.5, 0.6) is 5.88 Å². The molecule has 0 spiro atoms. The molecule has 3 aromatic rings. The minimum atomic E-state index is -0.339. The first-order chi connectivity index (χ1) is 14.6. The summed E-state index contributed by atoms with van der Waals surface area (Å²) in [5, 5.41) is 14.9. The SMILES string of the molecule is CN(C)c1nc(N2CCCC2)ncc1NC(=O)COc1ccc(-n2cccn2)nn1. The van der Waals surface area contributed by atoms with Crippen LogP contribution >= 0.6 is 0 Å². The van der Waals surface area contributed by atoms with E-state index < -0.39 is 0 Å². The molecule has 4 heterocycles. The Balaban J connectivity index is 1.37. The second-order valence-corrected chi connectivity index (χ2v) is 7.01. The molecule has 156 valence electrons. The summed E-state index contributed by atoms with van der Waals surface area (Å²) in [6.45, 7) is 1.69. The fourth-order valence-electron chi connectivity index (χ4n) is 3.10. The summed E-state index contributed by atoms with van der Waals surface area (Å²) in [5.41, 5.74) is 0.525. The monoisotopic (exact) mass is 409 g/mol. The Morgan fingerprint density at radius 1 is 1.23 bits per heavy atom. The Morgan fingerprint density at radius 3 is 2.73 bits per heavy atom. The molecule has 0 atom stereocenters. The largest absolute Gasteiger partial charge is 0.466 e. The van der Waals surface area contributed by atoms with Crippen molar-refractivity contribution in [1.82, 2.24) is 29.9 Å². The first kappa shape index (κ1) is 19.6. The van der Waals surface area contributed by atoms with Gasteiger partial charge in [-0.1, -0.05) is 0 Å². The quantitative estimate of drug-likeness (QED) is 0.613. The van der Waals surface area contributed by atoms with Gasteiger partial charge in [0.25, 0.3) is 5.91 Å². The average molecular weight is 409 g/mol. The second-order valence-electron chi connectivity index (χ2n) is 7.01. The Kier molecular flexibility index (Phi) is 5.68. The highest BCUT2D eigenvalue weighted by molar-refractivity contribution is 5.94. The van der Waals surface area contributed by atoms with E-state index in [0.29, 0.717) is 23.3 Å². The molecule has 1 saturated heterocycles. The third-order valence-electron chi connectivity index (χ3n) is 4.56. The average Bonchev–Trinajstić information content (AvgIpc) is 3.47. The molecule has 0 unspecified atom stereocenters. The van der Waals surface area contributed by atoms with Gasteiger partial charge in [0.05, 0.1) is 6.20 Å². The lowest BCUT2D eigenvalue weighted by Crippen LogP contribution is -2.25. The molecule has 11 nitrogen and oxygen atoms in total. The van der Waals surface area contributed by atoms with Gasteiger partial charge >= 0.3 is 0 Å². The summed E-state index contributed by atoms with van der Waals surface area (Å²) in [7, 11) is 3.75. The number of hydrogen-bond acceptors (Lipinski definition) is 9. The number of nitrogens with zero attached hydrogens (tertiary/aromatic N) is 8. The van der Waals surface area contributed by atoms with Gasteiger partial charge in [0.1, 0.15) is 5.69 Å². The summed E-state index contributed by atoms with van der Waals surface area (Å²) >= 11 is 0. The van der Waals surface area contributed by atoms with Crippen molar-refractivity contribution < 1.29 is 9.53 Å². The second kappa shape index (κ2) is 8.72. The Morgan fingerprint density at radius 2 is 2.07 bits per heavy atom. The van der Waals surface area contributed by atoms with Crippen molar-refractivity contribution in [2.24, 2.45) is 0 Å². The molecule has 30 heavy (non-hydrogen) atoms. The highest BCUT2D eigenvalue weighted by Crippen LogP contribution is 2.25. The van der Waals surface area contributed by atoms with Gasteiger partial charge in [0.2, 0.25) is 11.8 Å². The summed E-state index contributed by atoms with van der Waals surface area (Å²) in [4.78, 5) is 25.4. The van der Waals surface area contributed by atoms with Gasteiger partial charge in [0, 0.05) is 45.6 Å². The van der Waals surface area contributed by atoms with Gasteiger partial charge in [-0.2, -0.15) is 10.1 Å². The third-order valence-corrected chi connectivity index (χ3v) is 4.56. The lowest BCUT2D eigenvalue weighted by atomic mass is 10.4. The van der Waals surface area contributed by atoms with E-state index in [1.165, 1.54) is 0 Å². The lowest BCUT2D eigenvalue weighted by Gasteiger charge is -2.21. The van der Waals surface area contributed by atoms with Crippen LogP contribution in [0.15, 0.2) is 36.8 Å². The van der Waals surface area contributed by atoms with Crippen molar-refractivity contribution >= 4 is 23.4 Å². The molecule has 0 bridgehead atoms. The van der Waals surface area contributed by atoms with Gasteiger partial charge in [-0.05, 0) is 25.0 Å². The number of rotatable bonds is 7. The number of carbonyl (C=O) groups excluding carboxylic acids is 1. The normalized spacial score (nSPS) is 13.3. The predicted octanol–water partition coefficient (Wildman–Crippen LogP) is 1.14. The lowest BCUT2D eigenvalue weighted by molar-refractivity contribution is -0.118. The Bertz CT molecular complexity index is 984. The molecule has 0 saturated carbocycles. The smallest absolute Gasteiger partial charge is 0.262 e.